The Hall–Kier alpha value is -8.10. The summed E-state index contributed by atoms with van der Waals surface area (Å²) in [6, 6.07) is 53.5. The largest absolute Gasteiger partial charge is 0.493 e. The van der Waals surface area contributed by atoms with Gasteiger partial charge in [0.05, 0.1) is 26.4 Å². The SMILES string of the molecule is CCCOc1c2cccc1Cc1cccc3c1OCCCC[n+]1ccc(cc1)-c1cc[n+](cc1)Cc1ccc(cc1)C[n+]1ccc(cc1)-c1cc[n+](cc1)CCCCOc1c(cccc1Cc1cccc(c1OCCC)C3)C2. The molecule has 20 rings (SSSR count). The van der Waals surface area contributed by atoms with Crippen LogP contribution in [0, 0.1) is 0 Å². The Labute approximate surface area is 461 Å². The summed E-state index contributed by atoms with van der Waals surface area (Å²) in [7, 11) is 0. The van der Waals surface area contributed by atoms with Gasteiger partial charge in [-0.25, -0.2) is 18.3 Å². The van der Waals surface area contributed by atoms with Crippen molar-refractivity contribution >= 4 is 0 Å². The molecule has 4 aromatic heterocycles. The Bertz CT molecular complexity index is 3100. The summed E-state index contributed by atoms with van der Waals surface area (Å²) in [6.45, 7) is 10.3. The molecule has 5 aromatic carbocycles. The number of hydrogen-bond donors (Lipinski definition) is 0. The Kier molecular flexibility index (Phi) is 16.9. The van der Waals surface area contributed by atoms with Crippen LogP contribution in [0.1, 0.15) is 108 Å². The summed E-state index contributed by atoms with van der Waals surface area (Å²) in [4.78, 5) is 0. The van der Waals surface area contributed by atoms with Gasteiger partial charge in [0.2, 0.25) is 0 Å². The minimum absolute atomic E-state index is 0.617. The molecule has 14 heterocycles. The minimum Gasteiger partial charge on any atom is -0.493 e. The van der Waals surface area contributed by atoms with Gasteiger partial charge in [0.1, 0.15) is 36.1 Å². The van der Waals surface area contributed by atoms with Gasteiger partial charge in [-0.05, 0) is 92.4 Å². The van der Waals surface area contributed by atoms with Crippen LogP contribution in [0.4, 0.5) is 0 Å². The van der Waals surface area contributed by atoms with Gasteiger partial charge in [-0.2, -0.15) is 0 Å². The lowest BCUT2D eigenvalue weighted by molar-refractivity contribution is -0.697. The van der Waals surface area contributed by atoms with Gasteiger partial charge in [-0.15, -0.1) is 0 Å². The average Bonchev–Trinajstić information content (AvgIpc) is 3.47. The molecule has 394 valence electrons. The molecule has 1 aliphatic carbocycles. The molecule has 0 fully saturated rings. The highest BCUT2D eigenvalue weighted by Gasteiger charge is 2.22. The van der Waals surface area contributed by atoms with Gasteiger partial charge >= 0.3 is 0 Å². The van der Waals surface area contributed by atoms with Gasteiger partial charge in [0.15, 0.2) is 62.7 Å². The summed E-state index contributed by atoms with van der Waals surface area (Å²) in [5.41, 5.74) is 16.7. The third-order valence-electron chi connectivity index (χ3n) is 15.2. The Morgan fingerprint density at radius 1 is 0.346 bits per heavy atom. The number of benzene rings is 5. The van der Waals surface area contributed by atoms with E-state index in [0.29, 0.717) is 52.1 Å². The van der Waals surface area contributed by atoms with Gasteiger partial charge in [0.25, 0.3) is 0 Å². The molecule has 8 nitrogen and oxygen atoms in total. The first-order valence-corrected chi connectivity index (χ1v) is 28.5. The Morgan fingerprint density at radius 2 is 0.641 bits per heavy atom. The molecule has 0 N–H and O–H groups in total. The lowest BCUT2D eigenvalue weighted by Crippen LogP contribution is -2.34. The molecule has 11 aliphatic rings. The highest BCUT2D eigenvalue weighted by atomic mass is 16.5. The van der Waals surface area contributed by atoms with Crippen molar-refractivity contribution in [1.82, 2.24) is 0 Å². The van der Waals surface area contributed by atoms with Crippen molar-refractivity contribution in [2.45, 2.75) is 104 Å². The lowest BCUT2D eigenvalue weighted by atomic mass is 9.91. The number of aromatic nitrogens is 4. The molecule has 0 atom stereocenters. The molecular weight excluding hydrogens is 961 g/mol. The first-order chi connectivity index (χ1) is 38.5. The standard InChI is InChI=1S/C70H74N4O4/c1-3-43-75-67-59-13-9-14-60(67)48-64-18-12-20-66-50-62-16-10-15-61(68(62)76-44-4-2)49-65-19-11-17-63(47-59)69(65)77-45-7-5-33-71-35-25-55(26-36-71)57-29-39-73(40-30-57)51-53-21-23-54(24-22-53)52-74-41-31-58(32-42-74)56-27-37-72(38-28-56)34-6-8-46-78-70(64)66/h9-32,35-42H,3-8,33-34,43-52H2,1-2H3/q+4. The minimum atomic E-state index is 0.617. The second-order valence-corrected chi connectivity index (χ2v) is 21.1. The molecule has 10 aliphatic heterocycles. The Morgan fingerprint density at radius 3 is 0.949 bits per heavy atom. The maximum absolute atomic E-state index is 7.01. The number of ether oxygens (including phenoxy) is 4. The second-order valence-electron chi connectivity index (χ2n) is 21.1. The highest BCUT2D eigenvalue weighted by Crippen LogP contribution is 2.39. The molecule has 8 heteroatoms. The normalized spacial score (nSPS) is 14.0. The van der Waals surface area contributed by atoms with Crippen LogP contribution in [-0.4, -0.2) is 26.4 Å². The topological polar surface area (TPSA) is 52.4 Å². The predicted molar refractivity (Wildman–Crippen MR) is 307 cm³/mol. The van der Waals surface area contributed by atoms with Crippen molar-refractivity contribution in [3.63, 3.8) is 0 Å². The van der Waals surface area contributed by atoms with E-state index < -0.39 is 0 Å². The van der Waals surface area contributed by atoms with Crippen LogP contribution in [0.2, 0.25) is 0 Å². The summed E-state index contributed by atoms with van der Waals surface area (Å²) in [5, 5.41) is 0. The van der Waals surface area contributed by atoms with Crippen molar-refractivity contribution in [2.75, 3.05) is 26.4 Å². The van der Waals surface area contributed by atoms with Crippen LogP contribution in [0.15, 0.2) is 195 Å². The monoisotopic (exact) mass is 1030 g/mol. The highest BCUT2D eigenvalue weighted by molar-refractivity contribution is 5.62. The van der Waals surface area contributed by atoms with Gasteiger partial charge < -0.3 is 18.9 Å². The first kappa shape index (κ1) is 52.0. The third kappa shape index (κ3) is 12.8. The molecule has 0 saturated carbocycles. The smallest absolute Gasteiger partial charge is 0.173 e. The van der Waals surface area contributed by atoms with E-state index in [-0.39, 0.29) is 0 Å². The van der Waals surface area contributed by atoms with Crippen LogP contribution >= 0.6 is 0 Å². The van der Waals surface area contributed by atoms with E-state index in [1.807, 2.05) is 0 Å². The van der Waals surface area contributed by atoms with Crippen molar-refractivity contribution in [1.29, 1.82) is 0 Å². The van der Waals surface area contributed by atoms with Crippen LogP contribution in [0.25, 0.3) is 22.3 Å². The fourth-order valence-electron chi connectivity index (χ4n) is 11.1. The molecule has 9 aromatic rings. The zero-order valence-corrected chi connectivity index (χ0v) is 45.6. The number of aryl methyl sites for hydroxylation is 2. The van der Waals surface area contributed by atoms with Gasteiger partial charge in [0, 0.05) is 98.2 Å². The Balaban J connectivity index is 0.915. The molecule has 0 saturated heterocycles. The summed E-state index contributed by atoms with van der Waals surface area (Å²) >= 11 is 0. The summed E-state index contributed by atoms with van der Waals surface area (Å²) in [5.74, 6) is 3.86. The molecule has 0 radical (unpaired) electrons. The molecule has 0 amide bonds. The third-order valence-corrected chi connectivity index (χ3v) is 15.2. The van der Waals surface area contributed by atoms with Crippen molar-refractivity contribution in [3.05, 3.63) is 251 Å². The quantitative estimate of drug-likeness (QED) is 0.156. The van der Waals surface area contributed by atoms with Gasteiger partial charge in [-0.3, -0.25) is 0 Å². The maximum atomic E-state index is 7.01. The molecule has 0 spiro atoms. The first-order valence-electron chi connectivity index (χ1n) is 28.5. The van der Waals surface area contributed by atoms with Crippen molar-refractivity contribution < 1.29 is 37.2 Å². The number of para-hydroxylation sites is 4. The van der Waals surface area contributed by atoms with E-state index >= 15 is 0 Å². The molecule has 20 bridgehead atoms. The number of hydrogen-bond acceptors (Lipinski definition) is 4. The molecule has 78 heavy (non-hydrogen) atoms. The van der Waals surface area contributed by atoms with E-state index in [1.54, 1.807) is 0 Å². The maximum Gasteiger partial charge on any atom is 0.173 e. The fourth-order valence-corrected chi connectivity index (χ4v) is 11.1. The number of pyridine rings is 4. The van der Waals surface area contributed by atoms with E-state index in [2.05, 4.69) is 227 Å². The van der Waals surface area contributed by atoms with Crippen LogP contribution in [-0.2, 0) is 51.9 Å². The fraction of sp³-hybridized carbons (Fsp3) is 0.286. The lowest BCUT2D eigenvalue weighted by Gasteiger charge is -2.22. The van der Waals surface area contributed by atoms with E-state index in [4.69, 9.17) is 18.9 Å². The van der Waals surface area contributed by atoms with E-state index in [1.165, 1.54) is 33.4 Å². The van der Waals surface area contributed by atoms with Crippen LogP contribution in [0.3, 0.4) is 0 Å². The van der Waals surface area contributed by atoms with E-state index in [9.17, 15) is 0 Å². The summed E-state index contributed by atoms with van der Waals surface area (Å²) < 4.78 is 36.6. The average molecular weight is 1040 g/mol. The zero-order valence-electron chi connectivity index (χ0n) is 45.6. The van der Waals surface area contributed by atoms with Crippen molar-refractivity contribution in [2.24, 2.45) is 0 Å². The number of fused-ring (bicyclic) bond motifs is 2. The second kappa shape index (κ2) is 25.4. The zero-order chi connectivity index (χ0) is 52.9. The predicted octanol–water partition coefficient (Wildman–Crippen LogP) is 12.6. The van der Waals surface area contributed by atoms with E-state index in [0.717, 1.165) is 132 Å². The van der Waals surface area contributed by atoms with Gasteiger partial charge in [-0.1, -0.05) is 111 Å². The number of nitrogens with zero attached hydrogens (tertiary/aromatic N) is 4. The van der Waals surface area contributed by atoms with Crippen LogP contribution in [0.5, 0.6) is 23.0 Å². The van der Waals surface area contributed by atoms with Crippen LogP contribution < -0.4 is 37.2 Å². The van der Waals surface area contributed by atoms with Crippen molar-refractivity contribution in [3.8, 4) is 45.3 Å². The number of rotatable bonds is 6. The molecular formula is C70H74N4O4+4. The summed E-state index contributed by atoms with van der Waals surface area (Å²) in [6.07, 6.45) is 26.0. The molecule has 0 unspecified atom stereocenters.